The van der Waals surface area contributed by atoms with E-state index in [2.05, 4.69) is 10.4 Å². The number of rotatable bonds is 7. The van der Waals surface area contributed by atoms with Crippen molar-refractivity contribution < 1.29 is 4.79 Å². The second-order valence-electron chi connectivity index (χ2n) is 5.40. The minimum atomic E-state index is 0.0928. The van der Waals surface area contributed by atoms with Crippen LogP contribution in [0.3, 0.4) is 0 Å². The standard InChI is InChI=1S/C17H22ClN3O/c1-13-17(18)14(2)21(20-13)12-6-11-19-16(22)10-9-15-7-4-3-5-8-15/h3-5,7-8H,6,9-12H2,1-2H3,(H,19,22). The van der Waals surface area contributed by atoms with Gasteiger partial charge in [0.05, 0.1) is 16.4 Å². The van der Waals surface area contributed by atoms with Crippen molar-refractivity contribution in [1.29, 1.82) is 0 Å². The highest BCUT2D eigenvalue weighted by atomic mass is 35.5. The largest absolute Gasteiger partial charge is 0.356 e. The van der Waals surface area contributed by atoms with Crippen molar-refractivity contribution in [3.05, 3.63) is 52.3 Å². The number of nitrogens with one attached hydrogen (secondary N) is 1. The zero-order valence-corrected chi connectivity index (χ0v) is 13.9. The van der Waals surface area contributed by atoms with Crippen LogP contribution in [0.25, 0.3) is 0 Å². The van der Waals surface area contributed by atoms with E-state index in [1.165, 1.54) is 5.56 Å². The fraction of sp³-hybridized carbons (Fsp3) is 0.412. The highest BCUT2D eigenvalue weighted by Crippen LogP contribution is 2.18. The van der Waals surface area contributed by atoms with Gasteiger partial charge in [0.2, 0.25) is 5.91 Å². The highest BCUT2D eigenvalue weighted by molar-refractivity contribution is 6.31. The number of hydrogen-bond acceptors (Lipinski definition) is 2. The summed E-state index contributed by atoms with van der Waals surface area (Å²) < 4.78 is 1.90. The van der Waals surface area contributed by atoms with Crippen LogP contribution in [0, 0.1) is 13.8 Å². The molecule has 118 valence electrons. The molecule has 1 amide bonds. The molecular formula is C17H22ClN3O. The molecule has 0 spiro atoms. The van der Waals surface area contributed by atoms with Crippen LogP contribution in [0.2, 0.25) is 5.02 Å². The third-order valence-corrected chi connectivity index (χ3v) is 4.19. The summed E-state index contributed by atoms with van der Waals surface area (Å²) in [6, 6.07) is 10.0. The van der Waals surface area contributed by atoms with E-state index in [1.54, 1.807) is 0 Å². The summed E-state index contributed by atoms with van der Waals surface area (Å²) in [4.78, 5) is 11.8. The monoisotopic (exact) mass is 319 g/mol. The number of aromatic nitrogens is 2. The molecule has 0 radical (unpaired) electrons. The maximum atomic E-state index is 11.8. The van der Waals surface area contributed by atoms with E-state index in [-0.39, 0.29) is 5.91 Å². The lowest BCUT2D eigenvalue weighted by Gasteiger charge is -2.07. The Morgan fingerprint density at radius 2 is 2.00 bits per heavy atom. The van der Waals surface area contributed by atoms with Crippen LogP contribution in [-0.2, 0) is 17.8 Å². The zero-order valence-electron chi connectivity index (χ0n) is 13.1. The lowest BCUT2D eigenvalue weighted by molar-refractivity contribution is -0.121. The Hall–Kier alpha value is -1.81. The Bertz CT molecular complexity index is 622. The van der Waals surface area contributed by atoms with Crippen molar-refractivity contribution in [2.45, 2.75) is 39.7 Å². The smallest absolute Gasteiger partial charge is 0.220 e. The second-order valence-corrected chi connectivity index (χ2v) is 5.78. The average Bonchev–Trinajstić information content (AvgIpc) is 2.78. The van der Waals surface area contributed by atoms with Gasteiger partial charge in [-0.1, -0.05) is 41.9 Å². The van der Waals surface area contributed by atoms with E-state index < -0.39 is 0 Å². The summed E-state index contributed by atoms with van der Waals surface area (Å²) in [6.45, 7) is 5.28. The quantitative estimate of drug-likeness (QED) is 0.796. The predicted octanol–water partition coefficient (Wildman–Crippen LogP) is 3.29. The van der Waals surface area contributed by atoms with Crippen LogP contribution in [0.1, 0.15) is 29.8 Å². The minimum absolute atomic E-state index is 0.0928. The summed E-state index contributed by atoms with van der Waals surface area (Å²) in [5.74, 6) is 0.0928. The van der Waals surface area contributed by atoms with Crippen molar-refractivity contribution >= 4 is 17.5 Å². The van der Waals surface area contributed by atoms with Crippen molar-refractivity contribution in [3.63, 3.8) is 0 Å². The first-order chi connectivity index (χ1) is 10.6. The van der Waals surface area contributed by atoms with Gasteiger partial charge in [-0.25, -0.2) is 0 Å². The molecule has 1 aromatic carbocycles. The molecule has 0 fully saturated rings. The minimum Gasteiger partial charge on any atom is -0.356 e. The summed E-state index contributed by atoms with van der Waals surface area (Å²) >= 11 is 6.11. The molecule has 22 heavy (non-hydrogen) atoms. The van der Waals surface area contributed by atoms with Gasteiger partial charge in [-0.2, -0.15) is 5.10 Å². The molecule has 0 saturated heterocycles. The van der Waals surface area contributed by atoms with Crippen molar-refractivity contribution in [1.82, 2.24) is 15.1 Å². The van der Waals surface area contributed by atoms with Gasteiger partial charge in [-0.3, -0.25) is 9.48 Å². The molecule has 1 N–H and O–H groups in total. The van der Waals surface area contributed by atoms with Crippen LogP contribution in [0.5, 0.6) is 0 Å². The third-order valence-electron chi connectivity index (χ3n) is 3.65. The molecule has 4 nitrogen and oxygen atoms in total. The van der Waals surface area contributed by atoms with E-state index in [9.17, 15) is 4.79 Å². The highest BCUT2D eigenvalue weighted by Gasteiger charge is 2.08. The first-order valence-electron chi connectivity index (χ1n) is 7.58. The first kappa shape index (κ1) is 16.6. The topological polar surface area (TPSA) is 46.9 Å². The Kier molecular flexibility index (Phi) is 6.01. The van der Waals surface area contributed by atoms with Crippen LogP contribution >= 0.6 is 11.6 Å². The van der Waals surface area contributed by atoms with E-state index in [0.717, 1.165) is 35.8 Å². The molecule has 0 unspecified atom stereocenters. The van der Waals surface area contributed by atoms with Crippen LogP contribution < -0.4 is 5.32 Å². The number of nitrogens with zero attached hydrogens (tertiary/aromatic N) is 2. The molecule has 0 aliphatic rings. The van der Waals surface area contributed by atoms with Crippen LogP contribution in [-0.4, -0.2) is 22.2 Å². The van der Waals surface area contributed by atoms with E-state index >= 15 is 0 Å². The Balaban J connectivity index is 1.66. The molecule has 1 heterocycles. The molecule has 5 heteroatoms. The predicted molar refractivity (Wildman–Crippen MR) is 89.1 cm³/mol. The Morgan fingerprint density at radius 3 is 2.64 bits per heavy atom. The van der Waals surface area contributed by atoms with Gasteiger partial charge < -0.3 is 5.32 Å². The number of aryl methyl sites for hydroxylation is 3. The number of halogens is 1. The van der Waals surface area contributed by atoms with Crippen molar-refractivity contribution in [2.24, 2.45) is 0 Å². The molecule has 2 rings (SSSR count). The molecule has 0 atom stereocenters. The zero-order chi connectivity index (χ0) is 15.9. The molecular weight excluding hydrogens is 298 g/mol. The fourth-order valence-electron chi connectivity index (χ4n) is 2.34. The van der Waals surface area contributed by atoms with Gasteiger partial charge in [0.1, 0.15) is 0 Å². The summed E-state index contributed by atoms with van der Waals surface area (Å²) in [7, 11) is 0. The Labute approximate surface area is 136 Å². The van der Waals surface area contributed by atoms with Gasteiger partial charge in [0.25, 0.3) is 0 Å². The van der Waals surface area contributed by atoms with Gasteiger partial charge in [-0.05, 0) is 32.3 Å². The van der Waals surface area contributed by atoms with E-state index in [0.29, 0.717) is 13.0 Å². The normalized spacial score (nSPS) is 10.7. The van der Waals surface area contributed by atoms with E-state index in [4.69, 9.17) is 11.6 Å². The van der Waals surface area contributed by atoms with Crippen molar-refractivity contribution in [2.75, 3.05) is 6.54 Å². The summed E-state index contributed by atoms with van der Waals surface area (Å²) in [5.41, 5.74) is 3.02. The second kappa shape index (κ2) is 7.99. The lowest BCUT2D eigenvalue weighted by atomic mass is 10.1. The van der Waals surface area contributed by atoms with Crippen molar-refractivity contribution in [3.8, 4) is 0 Å². The molecule has 0 saturated carbocycles. The number of carbonyl (C=O) groups excluding carboxylic acids is 1. The Morgan fingerprint density at radius 1 is 1.27 bits per heavy atom. The molecule has 0 bridgehead atoms. The maximum Gasteiger partial charge on any atom is 0.220 e. The summed E-state index contributed by atoms with van der Waals surface area (Å²) in [5, 5.41) is 8.05. The van der Waals surface area contributed by atoms with Gasteiger partial charge in [-0.15, -0.1) is 0 Å². The van der Waals surface area contributed by atoms with Crippen LogP contribution in [0.15, 0.2) is 30.3 Å². The first-order valence-corrected chi connectivity index (χ1v) is 7.96. The molecule has 1 aromatic heterocycles. The SMILES string of the molecule is Cc1nn(CCCNC(=O)CCc2ccccc2)c(C)c1Cl. The summed E-state index contributed by atoms with van der Waals surface area (Å²) in [6.07, 6.45) is 2.14. The number of amides is 1. The third kappa shape index (κ3) is 4.60. The van der Waals surface area contributed by atoms with Crippen LogP contribution in [0.4, 0.5) is 0 Å². The maximum absolute atomic E-state index is 11.8. The van der Waals surface area contributed by atoms with Gasteiger partial charge in [0.15, 0.2) is 0 Å². The molecule has 2 aromatic rings. The number of hydrogen-bond donors (Lipinski definition) is 1. The van der Waals surface area contributed by atoms with E-state index in [1.807, 2.05) is 48.9 Å². The molecule has 0 aliphatic heterocycles. The fourth-order valence-corrected chi connectivity index (χ4v) is 2.48. The van der Waals surface area contributed by atoms with Gasteiger partial charge >= 0.3 is 0 Å². The molecule has 0 aliphatic carbocycles. The number of carbonyl (C=O) groups is 1. The van der Waals surface area contributed by atoms with Gasteiger partial charge in [0, 0.05) is 19.5 Å². The average molecular weight is 320 g/mol. The lowest BCUT2D eigenvalue weighted by Crippen LogP contribution is -2.25. The number of benzene rings is 1.